The number of ether oxygens (including phenoxy) is 2. The first-order valence-electron chi connectivity index (χ1n) is 7.86. The van der Waals surface area contributed by atoms with Crippen molar-refractivity contribution in [3.63, 3.8) is 0 Å². The topological polar surface area (TPSA) is 61.8 Å². The molecule has 0 N–H and O–H groups in total. The largest absolute Gasteiger partial charge is 0.493 e. The van der Waals surface area contributed by atoms with E-state index in [1.165, 1.54) is 32.4 Å². The number of hydrogen-bond donors (Lipinski definition) is 0. The lowest BCUT2D eigenvalue weighted by Gasteiger charge is -2.13. The van der Waals surface area contributed by atoms with E-state index in [-0.39, 0.29) is 10.6 Å². The number of hydrogen-bond acceptors (Lipinski definition) is 5. The van der Waals surface area contributed by atoms with Gasteiger partial charge in [-0.3, -0.25) is 0 Å². The van der Waals surface area contributed by atoms with Crippen molar-refractivity contribution in [2.24, 2.45) is 0 Å². The molecule has 0 amide bonds. The molecule has 0 unspecified atom stereocenters. The Morgan fingerprint density at radius 2 is 1.35 bits per heavy atom. The third kappa shape index (κ3) is 3.65. The highest BCUT2D eigenvalue weighted by Gasteiger charge is 2.21. The Labute approximate surface area is 152 Å². The SMILES string of the molecule is COc1ccc(S(=O)(=O)Oc2ccccc2-c2ccccc2)cc1OC. The van der Waals surface area contributed by atoms with E-state index in [2.05, 4.69) is 0 Å². The van der Waals surface area contributed by atoms with Gasteiger partial charge in [-0.1, -0.05) is 48.5 Å². The third-order valence-corrected chi connectivity index (χ3v) is 5.05. The van der Waals surface area contributed by atoms with Crippen molar-refractivity contribution in [1.29, 1.82) is 0 Å². The first-order chi connectivity index (χ1) is 12.5. The zero-order chi connectivity index (χ0) is 18.6. The van der Waals surface area contributed by atoms with Crippen LogP contribution in [0.2, 0.25) is 0 Å². The Bertz CT molecular complexity index is 998. The van der Waals surface area contributed by atoms with Crippen molar-refractivity contribution in [1.82, 2.24) is 0 Å². The molecule has 26 heavy (non-hydrogen) atoms. The van der Waals surface area contributed by atoms with Gasteiger partial charge in [-0.25, -0.2) is 0 Å². The molecular formula is C20H18O5S. The van der Waals surface area contributed by atoms with E-state index in [1.807, 2.05) is 42.5 Å². The summed E-state index contributed by atoms with van der Waals surface area (Å²) >= 11 is 0. The van der Waals surface area contributed by atoms with Gasteiger partial charge in [-0.2, -0.15) is 8.42 Å². The normalized spacial score (nSPS) is 11.0. The first-order valence-corrected chi connectivity index (χ1v) is 9.27. The van der Waals surface area contributed by atoms with Crippen molar-refractivity contribution in [2.75, 3.05) is 14.2 Å². The maximum atomic E-state index is 12.7. The minimum atomic E-state index is -4.04. The number of rotatable bonds is 6. The number of methoxy groups -OCH3 is 2. The van der Waals surface area contributed by atoms with Crippen LogP contribution in [0.3, 0.4) is 0 Å². The molecule has 3 rings (SSSR count). The summed E-state index contributed by atoms with van der Waals surface area (Å²) in [7, 11) is -1.11. The van der Waals surface area contributed by atoms with Crippen molar-refractivity contribution in [2.45, 2.75) is 4.90 Å². The molecular weight excluding hydrogens is 352 g/mol. The van der Waals surface area contributed by atoms with Crippen molar-refractivity contribution < 1.29 is 22.1 Å². The van der Waals surface area contributed by atoms with Gasteiger partial charge in [0.15, 0.2) is 17.2 Å². The molecule has 0 spiro atoms. The summed E-state index contributed by atoms with van der Waals surface area (Å²) in [6, 6.07) is 20.8. The van der Waals surface area contributed by atoms with E-state index in [4.69, 9.17) is 13.7 Å². The maximum Gasteiger partial charge on any atom is 0.339 e. The highest BCUT2D eigenvalue weighted by Crippen LogP contribution is 2.34. The molecule has 0 aliphatic heterocycles. The lowest BCUT2D eigenvalue weighted by molar-refractivity contribution is 0.353. The smallest absolute Gasteiger partial charge is 0.339 e. The van der Waals surface area contributed by atoms with Crippen LogP contribution in [0.25, 0.3) is 11.1 Å². The second-order valence-corrected chi connectivity index (χ2v) is 6.96. The zero-order valence-electron chi connectivity index (χ0n) is 14.4. The van der Waals surface area contributed by atoms with E-state index in [1.54, 1.807) is 12.1 Å². The standard InChI is InChI=1S/C20H18O5S/c1-23-19-13-12-16(14-20(19)24-2)26(21,22)25-18-11-7-6-10-17(18)15-8-4-3-5-9-15/h3-14H,1-2H3. The third-order valence-electron chi connectivity index (χ3n) is 3.82. The molecule has 5 nitrogen and oxygen atoms in total. The van der Waals surface area contributed by atoms with Crippen LogP contribution in [0.4, 0.5) is 0 Å². The fourth-order valence-electron chi connectivity index (χ4n) is 2.53. The van der Waals surface area contributed by atoms with Gasteiger partial charge in [-0.15, -0.1) is 0 Å². The zero-order valence-corrected chi connectivity index (χ0v) is 15.2. The van der Waals surface area contributed by atoms with Crippen LogP contribution in [0.1, 0.15) is 0 Å². The molecule has 134 valence electrons. The average molecular weight is 370 g/mol. The minimum Gasteiger partial charge on any atom is -0.493 e. The summed E-state index contributed by atoms with van der Waals surface area (Å²) in [5.41, 5.74) is 1.56. The Morgan fingerprint density at radius 1 is 0.692 bits per heavy atom. The first kappa shape index (κ1) is 17.8. The van der Waals surface area contributed by atoms with Crippen LogP contribution in [0.15, 0.2) is 77.7 Å². The second kappa shape index (κ2) is 7.49. The molecule has 0 bridgehead atoms. The molecule has 0 atom stereocenters. The molecule has 0 heterocycles. The van der Waals surface area contributed by atoms with Crippen LogP contribution in [0.5, 0.6) is 17.2 Å². The van der Waals surface area contributed by atoms with Crippen LogP contribution in [-0.2, 0) is 10.1 Å². The Balaban J connectivity index is 1.99. The van der Waals surface area contributed by atoms with Gasteiger partial charge in [0.05, 0.1) is 14.2 Å². The predicted octanol–water partition coefficient (Wildman–Crippen LogP) is 4.14. The molecule has 0 saturated heterocycles. The highest BCUT2D eigenvalue weighted by molar-refractivity contribution is 7.87. The maximum absolute atomic E-state index is 12.7. The van der Waals surface area contributed by atoms with Gasteiger partial charge in [0.2, 0.25) is 0 Å². The summed E-state index contributed by atoms with van der Waals surface area (Å²) in [5.74, 6) is 1.01. The Kier molecular flexibility index (Phi) is 5.14. The molecule has 0 aromatic heterocycles. The molecule has 0 aliphatic rings. The molecule has 6 heteroatoms. The second-order valence-electron chi connectivity index (χ2n) is 5.42. The van der Waals surface area contributed by atoms with E-state index >= 15 is 0 Å². The van der Waals surface area contributed by atoms with Crippen molar-refractivity contribution in [3.05, 3.63) is 72.8 Å². The molecule has 0 saturated carbocycles. The monoisotopic (exact) mass is 370 g/mol. The lowest BCUT2D eigenvalue weighted by atomic mass is 10.1. The quantitative estimate of drug-likeness (QED) is 0.610. The summed E-state index contributed by atoms with van der Waals surface area (Å²) in [6.45, 7) is 0. The summed E-state index contributed by atoms with van der Waals surface area (Å²) in [5, 5.41) is 0. The molecule has 0 radical (unpaired) electrons. The minimum absolute atomic E-state index is 0.0157. The predicted molar refractivity (Wildman–Crippen MR) is 99.2 cm³/mol. The molecule has 3 aromatic rings. The fraction of sp³-hybridized carbons (Fsp3) is 0.100. The van der Waals surface area contributed by atoms with Crippen molar-refractivity contribution >= 4 is 10.1 Å². The van der Waals surface area contributed by atoms with Crippen LogP contribution < -0.4 is 13.7 Å². The van der Waals surface area contributed by atoms with Gasteiger partial charge in [0, 0.05) is 11.6 Å². The Morgan fingerprint density at radius 3 is 2.04 bits per heavy atom. The van der Waals surface area contributed by atoms with Crippen LogP contribution in [0, 0.1) is 0 Å². The Hall–Kier alpha value is -2.99. The van der Waals surface area contributed by atoms with Crippen LogP contribution >= 0.6 is 0 Å². The van der Waals surface area contributed by atoms with E-state index in [0.717, 1.165) is 5.56 Å². The van der Waals surface area contributed by atoms with E-state index in [0.29, 0.717) is 17.1 Å². The van der Waals surface area contributed by atoms with Crippen molar-refractivity contribution in [3.8, 4) is 28.4 Å². The van der Waals surface area contributed by atoms with E-state index in [9.17, 15) is 8.42 Å². The number of benzene rings is 3. The van der Waals surface area contributed by atoms with Gasteiger partial charge >= 0.3 is 10.1 Å². The van der Waals surface area contributed by atoms with E-state index < -0.39 is 10.1 Å². The molecule has 0 fully saturated rings. The fourth-order valence-corrected chi connectivity index (χ4v) is 3.50. The molecule has 0 aliphatic carbocycles. The average Bonchev–Trinajstić information content (AvgIpc) is 2.68. The summed E-state index contributed by atoms with van der Waals surface area (Å²) in [6.07, 6.45) is 0. The van der Waals surface area contributed by atoms with Gasteiger partial charge < -0.3 is 13.7 Å². The van der Waals surface area contributed by atoms with Gasteiger partial charge in [0.25, 0.3) is 0 Å². The van der Waals surface area contributed by atoms with Crippen LogP contribution in [-0.4, -0.2) is 22.6 Å². The molecule has 3 aromatic carbocycles. The highest BCUT2D eigenvalue weighted by atomic mass is 32.2. The number of para-hydroxylation sites is 1. The summed E-state index contributed by atoms with van der Waals surface area (Å²) in [4.78, 5) is -0.0157. The van der Waals surface area contributed by atoms with Gasteiger partial charge in [0.1, 0.15) is 4.90 Å². The van der Waals surface area contributed by atoms with Gasteiger partial charge in [-0.05, 0) is 23.8 Å². The summed E-state index contributed by atoms with van der Waals surface area (Å²) < 4.78 is 41.2. The lowest BCUT2D eigenvalue weighted by Crippen LogP contribution is -2.10.